The number of imide groups is 1. The van der Waals surface area contributed by atoms with E-state index in [1.165, 1.54) is 23.3 Å². The van der Waals surface area contributed by atoms with Crippen LogP contribution in [0.15, 0.2) is 47.5 Å². The highest BCUT2D eigenvalue weighted by atomic mass is 32.1. The number of amides is 2. The van der Waals surface area contributed by atoms with E-state index in [-0.39, 0.29) is 17.9 Å². The maximum absolute atomic E-state index is 13.5. The first kappa shape index (κ1) is 16.8. The van der Waals surface area contributed by atoms with Crippen molar-refractivity contribution in [2.24, 2.45) is 0 Å². The maximum atomic E-state index is 13.5. The first-order valence-corrected chi connectivity index (χ1v) is 10.6. The van der Waals surface area contributed by atoms with Crippen LogP contribution in [0.5, 0.6) is 0 Å². The molecule has 2 amide bonds. The molecule has 5 heteroatoms. The fourth-order valence-corrected chi connectivity index (χ4v) is 5.43. The van der Waals surface area contributed by atoms with Gasteiger partial charge >= 0.3 is 0 Å². The largest absolute Gasteiger partial charge is 0.336 e. The monoisotopic (exact) mass is 378 g/mol. The molecule has 1 fully saturated rings. The lowest BCUT2D eigenvalue weighted by molar-refractivity contribution is -0.140. The minimum atomic E-state index is -0.105. The lowest BCUT2D eigenvalue weighted by Gasteiger charge is -2.30. The molecule has 4 nitrogen and oxygen atoms in total. The van der Waals surface area contributed by atoms with Crippen LogP contribution in [0.1, 0.15) is 42.5 Å². The second-order valence-electron chi connectivity index (χ2n) is 7.50. The third-order valence-corrected chi connectivity index (χ3v) is 6.84. The van der Waals surface area contributed by atoms with Crippen molar-refractivity contribution >= 4 is 34.4 Å². The third kappa shape index (κ3) is 2.64. The third-order valence-electron chi connectivity index (χ3n) is 5.96. The second kappa shape index (κ2) is 6.64. The molecule has 1 aliphatic carbocycles. The Morgan fingerprint density at radius 2 is 1.74 bits per heavy atom. The fourth-order valence-electron chi connectivity index (χ4n) is 4.67. The number of hydrogen-bond acceptors (Lipinski definition) is 4. The number of thiophene rings is 1. The highest BCUT2D eigenvalue weighted by Crippen LogP contribution is 2.41. The summed E-state index contributed by atoms with van der Waals surface area (Å²) in [6, 6.07) is 12.2. The summed E-state index contributed by atoms with van der Waals surface area (Å²) >= 11 is 1.53. The summed E-state index contributed by atoms with van der Waals surface area (Å²) < 4.78 is 0. The Morgan fingerprint density at radius 3 is 2.52 bits per heavy atom. The predicted octanol–water partition coefficient (Wildman–Crippen LogP) is 4.22. The van der Waals surface area contributed by atoms with Crippen molar-refractivity contribution in [3.05, 3.63) is 57.9 Å². The van der Waals surface area contributed by atoms with Gasteiger partial charge in [0.25, 0.3) is 11.8 Å². The van der Waals surface area contributed by atoms with E-state index in [1.807, 2.05) is 29.6 Å². The highest BCUT2D eigenvalue weighted by molar-refractivity contribution is 7.11. The molecule has 2 aliphatic heterocycles. The number of nitrogens with zero attached hydrogens (tertiary/aromatic N) is 2. The van der Waals surface area contributed by atoms with Crippen molar-refractivity contribution in [2.45, 2.75) is 44.6 Å². The molecule has 138 valence electrons. The van der Waals surface area contributed by atoms with Gasteiger partial charge in [-0.3, -0.25) is 14.5 Å². The van der Waals surface area contributed by atoms with E-state index < -0.39 is 0 Å². The summed E-state index contributed by atoms with van der Waals surface area (Å²) in [5.41, 5.74) is 3.48. The normalized spacial score (nSPS) is 20.7. The second-order valence-corrected chi connectivity index (χ2v) is 8.45. The van der Waals surface area contributed by atoms with Crippen LogP contribution in [-0.4, -0.2) is 29.3 Å². The molecule has 5 rings (SSSR count). The van der Waals surface area contributed by atoms with Crippen LogP contribution < -0.4 is 4.90 Å². The Kier molecular flexibility index (Phi) is 4.12. The number of carbonyl (C=O) groups excluding carboxylic acids is 2. The Morgan fingerprint density at radius 1 is 0.926 bits per heavy atom. The van der Waals surface area contributed by atoms with Crippen LogP contribution in [0.2, 0.25) is 0 Å². The van der Waals surface area contributed by atoms with Gasteiger partial charge in [-0.05, 0) is 42.3 Å². The minimum Gasteiger partial charge on any atom is -0.336 e. The highest BCUT2D eigenvalue weighted by Gasteiger charge is 2.46. The SMILES string of the molecule is O=C1C(c2cccs2)=C(N2CCc3ccccc32)C(=O)N1C1CCCCC1. The molecule has 1 aromatic carbocycles. The lowest BCUT2D eigenvalue weighted by atomic mass is 9.94. The molecule has 0 saturated heterocycles. The molecule has 3 heterocycles. The van der Waals surface area contributed by atoms with Crippen LogP contribution in [0.4, 0.5) is 5.69 Å². The molecule has 1 aromatic heterocycles. The molecular formula is C22H22N2O2S. The van der Waals surface area contributed by atoms with Gasteiger partial charge in [-0.25, -0.2) is 0 Å². The van der Waals surface area contributed by atoms with Gasteiger partial charge in [-0.15, -0.1) is 11.3 Å². The number of benzene rings is 1. The Hall–Kier alpha value is -2.40. The molecular weight excluding hydrogens is 356 g/mol. The number of fused-ring (bicyclic) bond motifs is 1. The molecule has 0 spiro atoms. The van der Waals surface area contributed by atoms with E-state index in [0.717, 1.165) is 49.2 Å². The zero-order chi connectivity index (χ0) is 18.4. The zero-order valence-electron chi connectivity index (χ0n) is 15.2. The van der Waals surface area contributed by atoms with Gasteiger partial charge in [0.2, 0.25) is 0 Å². The number of carbonyl (C=O) groups is 2. The van der Waals surface area contributed by atoms with Crippen molar-refractivity contribution < 1.29 is 9.59 Å². The standard InChI is InChI=1S/C22H22N2O2S/c25-21-19(18-11-6-14-27-18)20(22(26)24(21)16-8-2-1-3-9-16)23-13-12-15-7-4-5-10-17(15)23/h4-7,10-11,14,16H,1-3,8-9,12-13H2. The van der Waals surface area contributed by atoms with Crippen molar-refractivity contribution in [3.8, 4) is 0 Å². The zero-order valence-corrected chi connectivity index (χ0v) is 16.0. The van der Waals surface area contributed by atoms with Crippen LogP contribution in [0, 0.1) is 0 Å². The first-order chi connectivity index (χ1) is 13.3. The molecule has 0 atom stereocenters. The van der Waals surface area contributed by atoms with Gasteiger partial charge < -0.3 is 4.90 Å². The fraction of sp³-hybridized carbons (Fsp3) is 0.364. The summed E-state index contributed by atoms with van der Waals surface area (Å²) in [6.07, 6.45) is 6.15. The van der Waals surface area contributed by atoms with E-state index in [2.05, 4.69) is 17.0 Å². The van der Waals surface area contributed by atoms with Crippen LogP contribution >= 0.6 is 11.3 Å². The van der Waals surface area contributed by atoms with Crippen LogP contribution in [0.25, 0.3) is 5.57 Å². The molecule has 0 bridgehead atoms. The predicted molar refractivity (Wildman–Crippen MR) is 107 cm³/mol. The quantitative estimate of drug-likeness (QED) is 0.751. The molecule has 3 aliphatic rings. The van der Waals surface area contributed by atoms with Crippen molar-refractivity contribution in [1.82, 2.24) is 4.90 Å². The summed E-state index contributed by atoms with van der Waals surface area (Å²) in [4.78, 5) is 31.5. The summed E-state index contributed by atoms with van der Waals surface area (Å²) in [6.45, 7) is 0.751. The first-order valence-electron chi connectivity index (χ1n) is 9.77. The van der Waals surface area contributed by atoms with Gasteiger partial charge in [0.15, 0.2) is 0 Å². The number of rotatable bonds is 3. The Labute approximate surface area is 163 Å². The smallest absolute Gasteiger partial charge is 0.278 e. The van der Waals surface area contributed by atoms with Gasteiger partial charge in [-0.2, -0.15) is 0 Å². The molecule has 0 N–H and O–H groups in total. The molecule has 0 radical (unpaired) electrons. The Balaban J connectivity index is 1.61. The number of hydrogen-bond donors (Lipinski definition) is 0. The van der Waals surface area contributed by atoms with E-state index in [9.17, 15) is 9.59 Å². The Bertz CT molecular complexity index is 926. The van der Waals surface area contributed by atoms with Crippen LogP contribution in [0.3, 0.4) is 0 Å². The van der Waals surface area contributed by atoms with Gasteiger partial charge in [-0.1, -0.05) is 43.5 Å². The van der Waals surface area contributed by atoms with Crippen molar-refractivity contribution in [2.75, 3.05) is 11.4 Å². The molecule has 27 heavy (non-hydrogen) atoms. The van der Waals surface area contributed by atoms with Gasteiger partial charge in [0.1, 0.15) is 5.70 Å². The van der Waals surface area contributed by atoms with Crippen LogP contribution in [-0.2, 0) is 16.0 Å². The average molecular weight is 378 g/mol. The summed E-state index contributed by atoms with van der Waals surface area (Å²) in [5.74, 6) is -0.208. The molecule has 0 unspecified atom stereocenters. The van der Waals surface area contributed by atoms with E-state index in [0.29, 0.717) is 11.3 Å². The van der Waals surface area contributed by atoms with E-state index >= 15 is 0 Å². The average Bonchev–Trinajstić information content (AvgIpc) is 3.41. The van der Waals surface area contributed by atoms with Gasteiger partial charge in [0, 0.05) is 23.2 Å². The van der Waals surface area contributed by atoms with Gasteiger partial charge in [0.05, 0.1) is 5.57 Å². The van der Waals surface area contributed by atoms with E-state index in [1.54, 1.807) is 4.90 Å². The maximum Gasteiger partial charge on any atom is 0.278 e. The topological polar surface area (TPSA) is 40.6 Å². The lowest BCUT2D eigenvalue weighted by Crippen LogP contribution is -2.43. The minimum absolute atomic E-state index is 0.0454. The number of anilines is 1. The summed E-state index contributed by atoms with van der Waals surface area (Å²) in [7, 11) is 0. The number of para-hydroxylation sites is 1. The van der Waals surface area contributed by atoms with E-state index in [4.69, 9.17) is 0 Å². The molecule has 2 aromatic rings. The molecule has 1 saturated carbocycles. The van der Waals surface area contributed by atoms with Crippen molar-refractivity contribution in [1.29, 1.82) is 0 Å². The van der Waals surface area contributed by atoms with Crippen molar-refractivity contribution in [3.63, 3.8) is 0 Å². The summed E-state index contributed by atoms with van der Waals surface area (Å²) in [5, 5.41) is 1.97.